The van der Waals surface area contributed by atoms with E-state index in [9.17, 15) is 4.39 Å². The Bertz CT molecular complexity index is 819. The predicted molar refractivity (Wildman–Crippen MR) is 89.1 cm³/mol. The van der Waals surface area contributed by atoms with Crippen LogP contribution in [0, 0.1) is 12.7 Å². The lowest BCUT2D eigenvalue weighted by atomic mass is 10.1. The van der Waals surface area contributed by atoms with Crippen LogP contribution in [0.4, 0.5) is 4.39 Å². The molecular formula is C17H16FN3OS. The molecule has 0 spiro atoms. The zero-order valence-electron chi connectivity index (χ0n) is 12.8. The van der Waals surface area contributed by atoms with E-state index in [1.54, 1.807) is 25.3 Å². The molecule has 118 valence electrons. The summed E-state index contributed by atoms with van der Waals surface area (Å²) in [6.45, 7) is 2.04. The summed E-state index contributed by atoms with van der Waals surface area (Å²) in [5.74, 6) is 1.63. The number of thioether (sulfide) groups is 1. The number of H-pyrrole nitrogens is 1. The van der Waals surface area contributed by atoms with Crippen molar-refractivity contribution in [3.8, 4) is 17.1 Å². The van der Waals surface area contributed by atoms with Crippen molar-refractivity contribution < 1.29 is 9.13 Å². The number of benzene rings is 2. The lowest BCUT2D eigenvalue weighted by Gasteiger charge is -2.08. The van der Waals surface area contributed by atoms with Crippen LogP contribution in [0.25, 0.3) is 11.4 Å². The number of aromatic amines is 1. The standard InChI is InChI=1S/C17H16FN3OS/c1-11-7-8-15(22-2)12(9-11)10-23-17-19-16(20-21-17)13-5-3-4-6-14(13)18/h3-9H,10H2,1-2H3,(H,19,20,21). The molecule has 4 nitrogen and oxygen atoms in total. The van der Waals surface area contributed by atoms with Gasteiger partial charge in [0.25, 0.3) is 0 Å². The molecule has 3 aromatic rings. The Morgan fingerprint density at radius 2 is 2.04 bits per heavy atom. The molecule has 0 amide bonds. The van der Waals surface area contributed by atoms with Crippen LogP contribution in [0.1, 0.15) is 11.1 Å². The summed E-state index contributed by atoms with van der Waals surface area (Å²) in [7, 11) is 1.65. The van der Waals surface area contributed by atoms with E-state index in [0.717, 1.165) is 11.3 Å². The van der Waals surface area contributed by atoms with E-state index in [1.165, 1.54) is 23.4 Å². The number of hydrogen-bond acceptors (Lipinski definition) is 4. The van der Waals surface area contributed by atoms with Gasteiger partial charge in [-0.15, -0.1) is 5.10 Å². The van der Waals surface area contributed by atoms with Crippen molar-refractivity contribution in [2.45, 2.75) is 17.8 Å². The second-order valence-corrected chi connectivity index (χ2v) is 5.99. The van der Waals surface area contributed by atoms with E-state index >= 15 is 0 Å². The largest absolute Gasteiger partial charge is 0.496 e. The van der Waals surface area contributed by atoms with Crippen LogP contribution in [0.3, 0.4) is 0 Å². The van der Waals surface area contributed by atoms with Crippen molar-refractivity contribution >= 4 is 11.8 Å². The minimum atomic E-state index is -0.319. The van der Waals surface area contributed by atoms with Gasteiger partial charge in [-0.3, -0.25) is 5.10 Å². The molecule has 1 aromatic heterocycles. The highest BCUT2D eigenvalue weighted by Gasteiger charge is 2.11. The molecule has 0 aliphatic rings. The van der Waals surface area contributed by atoms with Gasteiger partial charge in [-0.05, 0) is 25.1 Å². The number of aromatic nitrogens is 3. The molecular weight excluding hydrogens is 313 g/mol. The summed E-state index contributed by atoms with van der Waals surface area (Å²) >= 11 is 1.48. The molecule has 2 aromatic carbocycles. The van der Waals surface area contributed by atoms with Gasteiger partial charge in [-0.2, -0.15) is 0 Å². The average molecular weight is 329 g/mol. The van der Waals surface area contributed by atoms with Gasteiger partial charge in [-0.25, -0.2) is 9.37 Å². The maximum Gasteiger partial charge on any atom is 0.209 e. The summed E-state index contributed by atoms with van der Waals surface area (Å²) in [6.07, 6.45) is 0. The van der Waals surface area contributed by atoms with Crippen LogP contribution >= 0.6 is 11.8 Å². The van der Waals surface area contributed by atoms with Gasteiger partial charge in [0.15, 0.2) is 5.82 Å². The summed E-state index contributed by atoms with van der Waals surface area (Å²) in [5.41, 5.74) is 2.66. The Balaban J connectivity index is 1.76. The average Bonchev–Trinajstić information content (AvgIpc) is 3.02. The zero-order valence-corrected chi connectivity index (χ0v) is 13.7. The van der Waals surface area contributed by atoms with Crippen molar-refractivity contribution in [2.75, 3.05) is 7.11 Å². The lowest BCUT2D eigenvalue weighted by molar-refractivity contribution is 0.411. The molecule has 0 atom stereocenters. The number of aryl methyl sites for hydroxylation is 1. The fraction of sp³-hybridized carbons (Fsp3) is 0.176. The molecule has 0 bridgehead atoms. The van der Waals surface area contributed by atoms with Crippen molar-refractivity contribution in [3.63, 3.8) is 0 Å². The lowest BCUT2D eigenvalue weighted by Crippen LogP contribution is -1.91. The number of methoxy groups -OCH3 is 1. The van der Waals surface area contributed by atoms with Crippen LogP contribution in [0.2, 0.25) is 0 Å². The van der Waals surface area contributed by atoms with Crippen LogP contribution in [-0.2, 0) is 5.75 Å². The number of halogens is 1. The molecule has 0 aliphatic heterocycles. The van der Waals surface area contributed by atoms with Crippen LogP contribution in [-0.4, -0.2) is 22.3 Å². The fourth-order valence-electron chi connectivity index (χ4n) is 2.25. The molecule has 23 heavy (non-hydrogen) atoms. The Kier molecular flexibility index (Phi) is 4.62. The number of hydrogen-bond donors (Lipinski definition) is 1. The topological polar surface area (TPSA) is 50.8 Å². The summed E-state index contributed by atoms with van der Waals surface area (Å²) in [6, 6.07) is 12.5. The van der Waals surface area contributed by atoms with E-state index in [-0.39, 0.29) is 5.82 Å². The molecule has 0 saturated carbocycles. The van der Waals surface area contributed by atoms with Gasteiger partial charge in [0.1, 0.15) is 11.6 Å². The van der Waals surface area contributed by atoms with Gasteiger partial charge in [0.05, 0.1) is 12.7 Å². The monoisotopic (exact) mass is 329 g/mol. The fourth-order valence-corrected chi connectivity index (χ4v) is 3.02. The smallest absolute Gasteiger partial charge is 0.209 e. The Labute approximate surface area is 138 Å². The van der Waals surface area contributed by atoms with Crippen LogP contribution < -0.4 is 4.74 Å². The van der Waals surface area contributed by atoms with Crippen LogP contribution in [0.5, 0.6) is 5.75 Å². The molecule has 0 saturated heterocycles. The van der Waals surface area contributed by atoms with E-state index in [1.807, 2.05) is 19.1 Å². The van der Waals surface area contributed by atoms with Crippen LogP contribution in [0.15, 0.2) is 47.6 Å². The highest BCUT2D eigenvalue weighted by Crippen LogP contribution is 2.28. The Morgan fingerprint density at radius 1 is 1.22 bits per heavy atom. The third-order valence-corrected chi connectivity index (χ3v) is 4.28. The maximum atomic E-state index is 13.8. The number of ether oxygens (including phenoxy) is 1. The van der Waals surface area contributed by atoms with E-state index in [0.29, 0.717) is 22.3 Å². The molecule has 3 rings (SSSR count). The zero-order chi connectivity index (χ0) is 16.2. The second kappa shape index (κ2) is 6.83. The SMILES string of the molecule is COc1ccc(C)cc1CSc1n[nH]c(-c2ccccc2F)n1. The van der Waals surface area contributed by atoms with Crippen molar-refractivity contribution in [1.29, 1.82) is 0 Å². The number of rotatable bonds is 5. The van der Waals surface area contributed by atoms with Gasteiger partial charge < -0.3 is 4.74 Å². The Morgan fingerprint density at radius 3 is 2.83 bits per heavy atom. The van der Waals surface area contributed by atoms with Gasteiger partial charge >= 0.3 is 0 Å². The van der Waals surface area contributed by atoms with Gasteiger partial charge in [-0.1, -0.05) is 41.6 Å². The van der Waals surface area contributed by atoms with Crippen molar-refractivity contribution in [2.24, 2.45) is 0 Å². The molecule has 0 fully saturated rings. The third kappa shape index (κ3) is 3.53. The predicted octanol–water partition coefficient (Wildman–Crippen LogP) is 4.22. The first-order valence-electron chi connectivity index (χ1n) is 7.11. The first-order valence-corrected chi connectivity index (χ1v) is 8.09. The van der Waals surface area contributed by atoms with E-state index in [2.05, 4.69) is 21.2 Å². The molecule has 0 radical (unpaired) electrons. The van der Waals surface area contributed by atoms with Gasteiger partial charge in [0, 0.05) is 11.3 Å². The minimum Gasteiger partial charge on any atom is -0.496 e. The normalized spacial score (nSPS) is 10.7. The quantitative estimate of drug-likeness (QED) is 0.712. The van der Waals surface area contributed by atoms with Crippen molar-refractivity contribution in [3.05, 3.63) is 59.4 Å². The Hall–Kier alpha value is -2.34. The molecule has 0 unspecified atom stereocenters. The number of nitrogens with zero attached hydrogens (tertiary/aromatic N) is 2. The van der Waals surface area contributed by atoms with E-state index < -0.39 is 0 Å². The minimum absolute atomic E-state index is 0.319. The molecule has 0 aliphatic carbocycles. The molecule has 1 N–H and O–H groups in total. The van der Waals surface area contributed by atoms with E-state index in [4.69, 9.17) is 4.74 Å². The number of nitrogens with one attached hydrogen (secondary N) is 1. The maximum absolute atomic E-state index is 13.8. The highest BCUT2D eigenvalue weighted by atomic mass is 32.2. The first-order chi connectivity index (χ1) is 11.2. The molecule has 1 heterocycles. The first kappa shape index (κ1) is 15.6. The highest BCUT2D eigenvalue weighted by molar-refractivity contribution is 7.98. The van der Waals surface area contributed by atoms with Crippen molar-refractivity contribution in [1.82, 2.24) is 15.2 Å². The summed E-state index contributed by atoms with van der Waals surface area (Å²) in [4.78, 5) is 4.35. The summed E-state index contributed by atoms with van der Waals surface area (Å²) < 4.78 is 19.1. The van der Waals surface area contributed by atoms with Gasteiger partial charge in [0.2, 0.25) is 5.16 Å². The summed E-state index contributed by atoms with van der Waals surface area (Å²) in [5, 5.41) is 7.51. The third-order valence-electron chi connectivity index (χ3n) is 3.39. The second-order valence-electron chi connectivity index (χ2n) is 5.05. The molecule has 6 heteroatoms.